The highest BCUT2D eigenvalue weighted by Crippen LogP contribution is 2.39. The average molecular weight is 446 g/mol. The van der Waals surface area contributed by atoms with Gasteiger partial charge >= 0.3 is 5.92 Å². The molecule has 0 radical (unpaired) electrons. The molecule has 170 valence electrons. The molecule has 1 fully saturated rings. The van der Waals surface area contributed by atoms with Gasteiger partial charge in [0.15, 0.2) is 11.6 Å². The molecule has 3 aromatic rings. The molecule has 0 atom stereocenters. The number of nitrogen functional groups attached to an aromatic ring is 1. The number of nitrogens with zero attached hydrogens (tertiary/aromatic N) is 6. The van der Waals surface area contributed by atoms with E-state index in [1.54, 1.807) is 17.9 Å². The van der Waals surface area contributed by atoms with E-state index in [0.29, 0.717) is 24.4 Å². The van der Waals surface area contributed by atoms with E-state index >= 15 is 8.78 Å². The van der Waals surface area contributed by atoms with Gasteiger partial charge < -0.3 is 22.1 Å². The number of hydrogen-bond acceptors (Lipinski definition) is 11. The van der Waals surface area contributed by atoms with Crippen LogP contribution >= 0.6 is 0 Å². The first-order chi connectivity index (χ1) is 15.1. The van der Waals surface area contributed by atoms with Gasteiger partial charge in [-0.25, -0.2) is 20.4 Å². The van der Waals surface area contributed by atoms with Gasteiger partial charge in [0.1, 0.15) is 17.1 Å². The van der Waals surface area contributed by atoms with Crippen molar-refractivity contribution in [2.24, 2.45) is 17.3 Å². The van der Waals surface area contributed by atoms with Crippen molar-refractivity contribution in [2.45, 2.75) is 31.5 Å². The van der Waals surface area contributed by atoms with Gasteiger partial charge in [-0.15, -0.1) is 0 Å². The Labute approximate surface area is 182 Å². The molecule has 3 heterocycles. The summed E-state index contributed by atoms with van der Waals surface area (Å²) in [5.74, 6) is 1.91. The van der Waals surface area contributed by atoms with Crippen molar-refractivity contribution < 1.29 is 13.4 Å². The van der Waals surface area contributed by atoms with E-state index < -0.39 is 17.4 Å². The zero-order valence-electron chi connectivity index (χ0n) is 17.4. The maximum Gasteiger partial charge on any atom is 0.331 e. The number of benzene rings is 1. The SMILES string of the molecule is Cc1nonc1CN(N)c1nc(C(F)(F)c2ccccc2)nc(N2CCC(N)(N)C2)c1N. The molecule has 2 aromatic heterocycles. The van der Waals surface area contributed by atoms with Crippen LogP contribution in [0.25, 0.3) is 0 Å². The third kappa shape index (κ3) is 4.04. The van der Waals surface area contributed by atoms with Crippen LogP contribution in [0, 0.1) is 6.92 Å². The maximum atomic E-state index is 15.4. The predicted molar refractivity (Wildman–Crippen MR) is 113 cm³/mol. The Morgan fingerprint density at radius 3 is 2.50 bits per heavy atom. The van der Waals surface area contributed by atoms with Gasteiger partial charge in [0, 0.05) is 12.1 Å². The Bertz CT molecular complexity index is 1100. The Hall–Kier alpha value is -3.42. The van der Waals surface area contributed by atoms with Crippen LogP contribution in [-0.2, 0) is 12.5 Å². The van der Waals surface area contributed by atoms with Crippen LogP contribution in [0.5, 0.6) is 0 Å². The molecule has 32 heavy (non-hydrogen) atoms. The fourth-order valence-corrected chi connectivity index (χ4v) is 3.49. The minimum absolute atomic E-state index is 0.0203. The van der Waals surface area contributed by atoms with Crippen molar-refractivity contribution in [3.8, 4) is 0 Å². The van der Waals surface area contributed by atoms with Crippen LogP contribution in [0.15, 0.2) is 35.0 Å². The zero-order valence-corrected chi connectivity index (χ0v) is 17.4. The van der Waals surface area contributed by atoms with Crippen LogP contribution in [-0.4, -0.2) is 39.0 Å². The van der Waals surface area contributed by atoms with Crippen molar-refractivity contribution in [1.82, 2.24) is 20.3 Å². The monoisotopic (exact) mass is 446 g/mol. The summed E-state index contributed by atoms with van der Waals surface area (Å²) in [6, 6.07) is 7.25. The maximum absolute atomic E-state index is 15.4. The predicted octanol–water partition coefficient (Wildman–Crippen LogP) is 0.594. The molecule has 1 saturated heterocycles. The molecule has 1 aromatic carbocycles. The molecule has 8 N–H and O–H groups in total. The van der Waals surface area contributed by atoms with E-state index in [-0.39, 0.29) is 36.0 Å². The van der Waals surface area contributed by atoms with Gasteiger partial charge in [-0.1, -0.05) is 40.6 Å². The first-order valence-corrected chi connectivity index (χ1v) is 9.83. The van der Waals surface area contributed by atoms with Crippen LogP contribution in [0.4, 0.5) is 26.1 Å². The van der Waals surface area contributed by atoms with Crippen LogP contribution < -0.4 is 33.0 Å². The highest BCUT2D eigenvalue weighted by atomic mass is 19.3. The van der Waals surface area contributed by atoms with Gasteiger partial charge in [-0.3, -0.25) is 5.01 Å². The Morgan fingerprint density at radius 2 is 1.91 bits per heavy atom. The van der Waals surface area contributed by atoms with Crippen molar-refractivity contribution in [3.63, 3.8) is 0 Å². The fraction of sp³-hybridized carbons (Fsp3) is 0.368. The van der Waals surface area contributed by atoms with E-state index in [4.69, 9.17) is 23.0 Å². The molecular formula is C19H24F2N10O. The molecule has 0 amide bonds. The lowest BCUT2D eigenvalue weighted by Gasteiger charge is -2.27. The lowest BCUT2D eigenvalue weighted by molar-refractivity contribution is 0.0330. The summed E-state index contributed by atoms with van der Waals surface area (Å²) < 4.78 is 35.5. The summed E-state index contributed by atoms with van der Waals surface area (Å²) in [4.78, 5) is 9.83. The second-order valence-corrected chi connectivity index (χ2v) is 7.88. The van der Waals surface area contributed by atoms with E-state index in [1.807, 2.05) is 0 Å². The standard InChI is InChI=1S/C19H24F2N10O/c1-11-13(29-32-28-11)9-31(25)16-14(22)15(30-8-7-18(23,24)10-30)26-17(27-16)19(20,21)12-5-3-2-4-6-12/h2-6H,7-10,22-25H2,1H3. The van der Waals surface area contributed by atoms with Gasteiger partial charge in [0.05, 0.1) is 18.8 Å². The number of anilines is 3. The van der Waals surface area contributed by atoms with Gasteiger partial charge in [-0.05, 0) is 13.3 Å². The topological polar surface area (TPSA) is 175 Å². The van der Waals surface area contributed by atoms with E-state index in [1.165, 1.54) is 24.3 Å². The lowest BCUT2D eigenvalue weighted by Crippen LogP contribution is -2.51. The minimum atomic E-state index is -3.51. The molecular weight excluding hydrogens is 422 g/mol. The number of hydrogen-bond donors (Lipinski definition) is 4. The number of alkyl halides is 2. The van der Waals surface area contributed by atoms with Crippen LogP contribution in [0.3, 0.4) is 0 Å². The zero-order chi connectivity index (χ0) is 23.1. The largest absolute Gasteiger partial charge is 0.393 e. The molecule has 1 aliphatic heterocycles. The smallest absolute Gasteiger partial charge is 0.331 e. The highest BCUT2D eigenvalue weighted by Gasteiger charge is 2.41. The normalized spacial score (nSPS) is 15.9. The molecule has 0 saturated carbocycles. The number of rotatable bonds is 6. The highest BCUT2D eigenvalue weighted by molar-refractivity contribution is 5.76. The molecule has 4 rings (SSSR count). The van der Waals surface area contributed by atoms with E-state index in [2.05, 4.69) is 24.9 Å². The minimum Gasteiger partial charge on any atom is -0.393 e. The van der Waals surface area contributed by atoms with Gasteiger partial charge in [0.25, 0.3) is 0 Å². The second-order valence-electron chi connectivity index (χ2n) is 7.88. The number of halogens is 2. The number of aryl methyl sites for hydroxylation is 1. The van der Waals surface area contributed by atoms with E-state index in [0.717, 1.165) is 5.01 Å². The molecule has 0 spiro atoms. The molecule has 0 aliphatic carbocycles. The molecule has 0 bridgehead atoms. The second kappa shape index (κ2) is 7.93. The third-order valence-electron chi connectivity index (χ3n) is 5.29. The van der Waals surface area contributed by atoms with Gasteiger partial charge in [-0.2, -0.15) is 8.78 Å². The third-order valence-corrected chi connectivity index (χ3v) is 5.29. The van der Waals surface area contributed by atoms with Gasteiger partial charge in [0.2, 0.25) is 5.82 Å². The summed E-state index contributed by atoms with van der Waals surface area (Å²) in [5, 5.41) is 8.56. The summed E-state index contributed by atoms with van der Waals surface area (Å²) in [6.07, 6.45) is 0.437. The van der Waals surface area contributed by atoms with E-state index in [9.17, 15) is 0 Å². The van der Waals surface area contributed by atoms with Crippen molar-refractivity contribution in [2.75, 3.05) is 28.7 Å². The first-order valence-electron chi connectivity index (χ1n) is 9.83. The lowest BCUT2D eigenvalue weighted by atomic mass is 10.1. The molecule has 11 nitrogen and oxygen atoms in total. The van der Waals surface area contributed by atoms with Crippen LogP contribution in [0.2, 0.25) is 0 Å². The Balaban J connectivity index is 1.80. The first kappa shape index (κ1) is 21.8. The number of nitrogens with two attached hydrogens (primary N) is 4. The molecule has 0 unspecified atom stereocenters. The van der Waals surface area contributed by atoms with Crippen molar-refractivity contribution in [1.29, 1.82) is 0 Å². The van der Waals surface area contributed by atoms with Crippen molar-refractivity contribution >= 4 is 17.3 Å². The summed E-state index contributed by atoms with van der Waals surface area (Å²) in [6.45, 7) is 2.22. The molecule has 1 aliphatic rings. The summed E-state index contributed by atoms with van der Waals surface area (Å²) in [7, 11) is 0. The average Bonchev–Trinajstić information content (AvgIpc) is 3.33. The summed E-state index contributed by atoms with van der Waals surface area (Å²) in [5.41, 5.74) is 18.0. The Morgan fingerprint density at radius 1 is 1.19 bits per heavy atom. The number of hydrazine groups is 1. The van der Waals surface area contributed by atoms with Crippen molar-refractivity contribution in [3.05, 3.63) is 53.1 Å². The quantitative estimate of drug-likeness (QED) is 0.237. The number of aromatic nitrogens is 4. The van der Waals surface area contributed by atoms with Crippen LogP contribution in [0.1, 0.15) is 29.2 Å². The fourth-order valence-electron chi connectivity index (χ4n) is 3.49. The molecule has 13 heteroatoms. The summed E-state index contributed by atoms with van der Waals surface area (Å²) >= 11 is 0. The Kier molecular flexibility index (Phi) is 5.40.